The fourth-order valence-electron chi connectivity index (χ4n) is 2.10. The Morgan fingerprint density at radius 2 is 2.24 bits per heavy atom. The molecular weight excluding hydrogens is 294 g/mol. The number of carbonyl (C=O) groups is 3. The number of nitrogens with one attached hydrogen (secondary N) is 2. The third kappa shape index (κ3) is 3.52. The van der Waals surface area contributed by atoms with Gasteiger partial charge in [-0.15, -0.1) is 11.3 Å². The lowest BCUT2D eigenvalue weighted by Crippen LogP contribution is -2.61. The number of amides is 3. The summed E-state index contributed by atoms with van der Waals surface area (Å²) in [7, 11) is 0. The van der Waals surface area contributed by atoms with E-state index >= 15 is 0 Å². The number of urea groups is 1. The maximum Gasteiger partial charge on any atom is 0.328 e. The number of piperazine rings is 1. The van der Waals surface area contributed by atoms with Gasteiger partial charge in [0.05, 0.1) is 6.04 Å². The van der Waals surface area contributed by atoms with E-state index in [4.69, 9.17) is 5.11 Å². The molecule has 21 heavy (non-hydrogen) atoms. The highest BCUT2D eigenvalue weighted by Gasteiger charge is 2.35. The van der Waals surface area contributed by atoms with Gasteiger partial charge in [-0.1, -0.05) is 0 Å². The van der Waals surface area contributed by atoms with E-state index in [1.807, 2.05) is 26.0 Å². The first-order valence-electron chi connectivity index (χ1n) is 6.51. The van der Waals surface area contributed by atoms with Crippen molar-refractivity contribution in [1.29, 1.82) is 0 Å². The maximum absolute atomic E-state index is 12.2. The smallest absolute Gasteiger partial charge is 0.328 e. The molecule has 1 saturated heterocycles. The van der Waals surface area contributed by atoms with Crippen molar-refractivity contribution in [1.82, 2.24) is 15.5 Å². The number of hydrogen-bond acceptors (Lipinski definition) is 4. The Hall–Kier alpha value is -2.09. The minimum Gasteiger partial charge on any atom is -0.480 e. The highest BCUT2D eigenvalue weighted by atomic mass is 32.1. The predicted molar refractivity (Wildman–Crippen MR) is 77.1 cm³/mol. The Morgan fingerprint density at radius 1 is 1.52 bits per heavy atom. The molecule has 1 aromatic heterocycles. The summed E-state index contributed by atoms with van der Waals surface area (Å²) in [5.74, 6) is -1.49. The Kier molecular flexibility index (Phi) is 4.46. The van der Waals surface area contributed by atoms with Crippen molar-refractivity contribution in [2.75, 3.05) is 13.1 Å². The Morgan fingerprint density at radius 3 is 2.81 bits per heavy atom. The summed E-state index contributed by atoms with van der Waals surface area (Å²) in [6, 6.07) is 2.05. The van der Waals surface area contributed by atoms with E-state index in [9.17, 15) is 14.4 Å². The molecule has 0 aromatic carbocycles. The monoisotopic (exact) mass is 311 g/mol. The van der Waals surface area contributed by atoms with Gasteiger partial charge in [0.25, 0.3) is 0 Å². The second-order valence-electron chi connectivity index (χ2n) is 4.91. The first-order chi connectivity index (χ1) is 9.88. The molecule has 3 N–H and O–H groups in total. The van der Waals surface area contributed by atoms with E-state index in [0.29, 0.717) is 0 Å². The van der Waals surface area contributed by atoms with Gasteiger partial charge in [-0.3, -0.25) is 9.69 Å². The maximum atomic E-state index is 12.2. The summed E-state index contributed by atoms with van der Waals surface area (Å²) in [6.45, 7) is 3.47. The molecule has 7 nitrogen and oxygen atoms in total. The van der Waals surface area contributed by atoms with Crippen LogP contribution in [0.25, 0.3) is 0 Å². The molecule has 1 aromatic rings. The molecule has 0 bridgehead atoms. The molecule has 0 saturated carbocycles. The number of carboxylic acid groups (broad SMARTS) is 1. The lowest BCUT2D eigenvalue weighted by atomic mass is 10.2. The predicted octanol–water partition coefficient (Wildman–Crippen LogP) is 0.712. The second kappa shape index (κ2) is 6.13. The van der Waals surface area contributed by atoms with Crippen molar-refractivity contribution >= 4 is 29.2 Å². The van der Waals surface area contributed by atoms with Gasteiger partial charge < -0.3 is 15.7 Å². The highest BCUT2D eigenvalue weighted by Crippen LogP contribution is 2.22. The molecule has 1 aliphatic rings. The summed E-state index contributed by atoms with van der Waals surface area (Å²) in [4.78, 5) is 37.9. The zero-order valence-electron chi connectivity index (χ0n) is 11.8. The molecule has 8 heteroatoms. The summed E-state index contributed by atoms with van der Waals surface area (Å²) >= 11 is 1.56. The van der Waals surface area contributed by atoms with Gasteiger partial charge in [0, 0.05) is 16.3 Å². The number of thiophene rings is 1. The molecule has 0 spiro atoms. The average molecular weight is 311 g/mol. The van der Waals surface area contributed by atoms with E-state index in [-0.39, 0.29) is 25.0 Å². The number of aliphatic carboxylic acids is 1. The van der Waals surface area contributed by atoms with Crippen LogP contribution in [0.15, 0.2) is 12.1 Å². The number of carboxylic acids is 1. The van der Waals surface area contributed by atoms with Crippen LogP contribution in [-0.4, -0.2) is 47.0 Å². The van der Waals surface area contributed by atoms with Crippen LogP contribution >= 0.6 is 11.3 Å². The zero-order valence-corrected chi connectivity index (χ0v) is 12.6. The van der Waals surface area contributed by atoms with Crippen LogP contribution < -0.4 is 10.6 Å². The van der Waals surface area contributed by atoms with Gasteiger partial charge in [-0.2, -0.15) is 0 Å². The second-order valence-corrected chi connectivity index (χ2v) is 6.23. The summed E-state index contributed by atoms with van der Waals surface area (Å²) in [5, 5.41) is 14.3. The van der Waals surface area contributed by atoms with Crippen molar-refractivity contribution in [3.8, 4) is 0 Å². The molecule has 2 heterocycles. The average Bonchev–Trinajstić information content (AvgIpc) is 2.85. The summed E-state index contributed by atoms with van der Waals surface area (Å²) < 4.78 is 0. The fraction of sp³-hybridized carbons (Fsp3) is 0.462. The van der Waals surface area contributed by atoms with Crippen molar-refractivity contribution in [3.63, 3.8) is 0 Å². The Bertz CT molecular complexity index is 572. The molecule has 1 aliphatic heterocycles. The summed E-state index contributed by atoms with van der Waals surface area (Å²) in [5.41, 5.74) is 0. The standard InChI is InChI=1S/C13H17N3O4S/c1-7-3-4-10(21-7)8(2)15-13(20)16-6-11(17)14-5-9(16)12(18)19/h3-4,8-9H,5-6H2,1-2H3,(H,14,17)(H,15,20)(H,18,19). The third-order valence-corrected chi connectivity index (χ3v) is 4.44. The quantitative estimate of drug-likeness (QED) is 0.765. The number of carbonyl (C=O) groups excluding carboxylic acids is 2. The molecule has 1 fully saturated rings. The molecule has 2 atom stereocenters. The van der Waals surface area contributed by atoms with Crippen LogP contribution in [0.4, 0.5) is 4.79 Å². The van der Waals surface area contributed by atoms with Gasteiger partial charge in [-0.25, -0.2) is 9.59 Å². The van der Waals surface area contributed by atoms with Gasteiger partial charge in [0.15, 0.2) is 0 Å². The third-order valence-electron chi connectivity index (χ3n) is 3.26. The van der Waals surface area contributed by atoms with E-state index in [1.54, 1.807) is 11.3 Å². The lowest BCUT2D eigenvalue weighted by Gasteiger charge is -2.33. The van der Waals surface area contributed by atoms with Gasteiger partial charge in [-0.05, 0) is 26.0 Å². The van der Waals surface area contributed by atoms with Crippen molar-refractivity contribution in [2.45, 2.75) is 25.9 Å². The molecule has 114 valence electrons. The van der Waals surface area contributed by atoms with E-state index in [2.05, 4.69) is 10.6 Å². The van der Waals surface area contributed by atoms with Gasteiger partial charge in [0.2, 0.25) is 5.91 Å². The van der Waals surface area contributed by atoms with Gasteiger partial charge >= 0.3 is 12.0 Å². The minimum atomic E-state index is -1.13. The Balaban J connectivity index is 2.06. The first kappa shape index (κ1) is 15.3. The van der Waals surface area contributed by atoms with E-state index in [0.717, 1.165) is 14.7 Å². The van der Waals surface area contributed by atoms with Crippen molar-refractivity contribution in [2.24, 2.45) is 0 Å². The number of aryl methyl sites for hydroxylation is 1. The number of hydrogen-bond donors (Lipinski definition) is 3. The largest absolute Gasteiger partial charge is 0.480 e. The van der Waals surface area contributed by atoms with Crippen LogP contribution in [0, 0.1) is 6.92 Å². The molecule has 2 unspecified atom stereocenters. The van der Waals surface area contributed by atoms with E-state index in [1.165, 1.54) is 0 Å². The molecule has 2 rings (SSSR count). The first-order valence-corrected chi connectivity index (χ1v) is 7.33. The fourth-order valence-corrected chi connectivity index (χ4v) is 2.98. The normalized spacial score (nSPS) is 19.8. The zero-order chi connectivity index (χ0) is 15.6. The van der Waals surface area contributed by atoms with Crippen LogP contribution in [-0.2, 0) is 9.59 Å². The molecule has 0 aliphatic carbocycles. The van der Waals surface area contributed by atoms with Crippen LogP contribution in [0.3, 0.4) is 0 Å². The van der Waals surface area contributed by atoms with Crippen molar-refractivity contribution in [3.05, 3.63) is 21.9 Å². The van der Waals surface area contributed by atoms with Crippen LogP contribution in [0.5, 0.6) is 0 Å². The summed E-state index contributed by atoms with van der Waals surface area (Å²) in [6.07, 6.45) is 0. The van der Waals surface area contributed by atoms with Crippen molar-refractivity contribution < 1.29 is 19.5 Å². The highest BCUT2D eigenvalue weighted by molar-refractivity contribution is 7.12. The van der Waals surface area contributed by atoms with Crippen LogP contribution in [0.2, 0.25) is 0 Å². The molecule has 3 amide bonds. The van der Waals surface area contributed by atoms with Gasteiger partial charge in [0.1, 0.15) is 12.6 Å². The van der Waals surface area contributed by atoms with E-state index < -0.39 is 18.0 Å². The SMILES string of the molecule is Cc1ccc(C(C)NC(=O)N2CC(=O)NCC2C(=O)O)s1. The molecule has 0 radical (unpaired) electrons. The number of rotatable bonds is 3. The molecular formula is C13H17N3O4S. The minimum absolute atomic E-state index is 0.0753. The lowest BCUT2D eigenvalue weighted by molar-refractivity contribution is -0.144. The van der Waals surface area contributed by atoms with Crippen LogP contribution in [0.1, 0.15) is 22.7 Å². The number of nitrogens with zero attached hydrogens (tertiary/aromatic N) is 1. The Labute approximate surface area is 125 Å². The topological polar surface area (TPSA) is 98.7 Å².